The number of hydrogen-bond acceptors (Lipinski definition) is 3. The summed E-state index contributed by atoms with van der Waals surface area (Å²) in [5, 5.41) is 3.61. The maximum Gasteiger partial charge on any atom is 0.0855 e. The van der Waals surface area contributed by atoms with Gasteiger partial charge in [-0.1, -0.05) is 58.9 Å². The summed E-state index contributed by atoms with van der Waals surface area (Å²) in [6.07, 6.45) is 15.4. The van der Waals surface area contributed by atoms with Gasteiger partial charge >= 0.3 is 0 Å². The highest BCUT2D eigenvalue weighted by atomic mass is 15.1. The second-order valence-electron chi connectivity index (χ2n) is 12.2. The molecule has 2 aliphatic rings. The molecule has 0 radical (unpaired) electrons. The van der Waals surface area contributed by atoms with E-state index in [1.807, 2.05) is 0 Å². The smallest absolute Gasteiger partial charge is 0.0855 e. The number of para-hydroxylation sites is 2. The number of anilines is 1. The Morgan fingerprint density at radius 2 is 1.82 bits per heavy atom. The number of benzene rings is 1. The lowest BCUT2D eigenvalue weighted by Crippen LogP contribution is -2.40. The van der Waals surface area contributed by atoms with Gasteiger partial charge in [-0.15, -0.1) is 0 Å². The number of aliphatic imine (C=N–C) groups is 1. The van der Waals surface area contributed by atoms with E-state index in [9.17, 15) is 0 Å². The predicted molar refractivity (Wildman–Crippen MR) is 150 cm³/mol. The van der Waals surface area contributed by atoms with E-state index in [0.29, 0.717) is 16.9 Å². The van der Waals surface area contributed by atoms with E-state index in [0.717, 1.165) is 43.0 Å². The molecule has 0 aliphatic heterocycles. The fraction of sp³-hybridized carbons (Fsp3) is 0.710. The third kappa shape index (κ3) is 6.14. The van der Waals surface area contributed by atoms with Crippen molar-refractivity contribution in [2.24, 2.45) is 33.6 Å². The van der Waals surface area contributed by atoms with Gasteiger partial charge in [0.15, 0.2) is 0 Å². The molecule has 0 spiro atoms. The van der Waals surface area contributed by atoms with Crippen molar-refractivity contribution in [3.05, 3.63) is 36.4 Å². The largest absolute Gasteiger partial charge is 0.369 e. The Hall–Kier alpha value is -1.61. The van der Waals surface area contributed by atoms with Crippen LogP contribution in [0, 0.1) is 28.6 Å². The molecule has 0 amide bonds. The van der Waals surface area contributed by atoms with Crippen LogP contribution >= 0.6 is 0 Å². The highest BCUT2D eigenvalue weighted by molar-refractivity contribution is 5.68. The minimum atomic E-state index is 0.297. The van der Waals surface area contributed by atoms with Crippen molar-refractivity contribution >= 4 is 18.1 Å². The molecule has 34 heavy (non-hydrogen) atoms. The zero-order chi connectivity index (χ0) is 24.8. The maximum absolute atomic E-state index is 4.36. The SMILES string of the molecule is C=Nc1ccccc1N(CC/C=C/C1(CC)C(C)CCC1NC)CC1CCC(C(C)(C)C)CC1. The van der Waals surface area contributed by atoms with E-state index in [-0.39, 0.29) is 0 Å². The molecule has 0 saturated heterocycles. The van der Waals surface area contributed by atoms with E-state index in [1.54, 1.807) is 0 Å². The van der Waals surface area contributed by atoms with Crippen LogP contribution in [-0.4, -0.2) is 32.9 Å². The molecular formula is C31H51N3. The number of rotatable bonds is 10. The summed E-state index contributed by atoms with van der Waals surface area (Å²) in [5.41, 5.74) is 2.99. The Morgan fingerprint density at radius 3 is 2.44 bits per heavy atom. The van der Waals surface area contributed by atoms with E-state index in [1.165, 1.54) is 50.6 Å². The highest BCUT2D eigenvalue weighted by Crippen LogP contribution is 2.47. The lowest BCUT2D eigenvalue weighted by molar-refractivity contribution is 0.151. The Labute approximate surface area is 210 Å². The Bertz CT molecular complexity index is 799. The highest BCUT2D eigenvalue weighted by Gasteiger charge is 2.43. The van der Waals surface area contributed by atoms with Crippen LogP contribution in [0.1, 0.15) is 86.0 Å². The molecule has 3 rings (SSSR count). The van der Waals surface area contributed by atoms with E-state index in [4.69, 9.17) is 0 Å². The van der Waals surface area contributed by atoms with Gasteiger partial charge < -0.3 is 10.2 Å². The standard InChI is InChI=1S/C31H51N3/c1-8-31(24(2)15-20-29(31)33-7)21-11-12-22-34(28-14-10-9-13-27(28)32-6)23-25-16-18-26(19-17-25)30(3,4)5/h9-11,13-14,21,24-26,29,33H,6,8,12,15-20,22-23H2,1-5,7H3/b21-11+. The molecule has 1 aromatic carbocycles. The van der Waals surface area contributed by atoms with E-state index < -0.39 is 0 Å². The summed E-state index contributed by atoms with van der Waals surface area (Å²) in [6, 6.07) is 9.16. The van der Waals surface area contributed by atoms with Crippen LogP contribution in [-0.2, 0) is 0 Å². The van der Waals surface area contributed by atoms with Gasteiger partial charge in [0.1, 0.15) is 0 Å². The first-order valence-electron chi connectivity index (χ1n) is 13.9. The van der Waals surface area contributed by atoms with Gasteiger partial charge in [-0.25, -0.2) is 0 Å². The molecule has 1 aromatic rings. The van der Waals surface area contributed by atoms with Gasteiger partial charge in [-0.2, -0.15) is 0 Å². The third-order valence-corrected chi connectivity index (χ3v) is 9.35. The summed E-state index contributed by atoms with van der Waals surface area (Å²) in [5.74, 6) is 2.37. The molecule has 1 N–H and O–H groups in total. The van der Waals surface area contributed by atoms with Crippen LogP contribution < -0.4 is 10.2 Å². The van der Waals surface area contributed by atoms with Gasteiger partial charge in [0.05, 0.1) is 11.4 Å². The second-order valence-corrected chi connectivity index (χ2v) is 12.2. The predicted octanol–water partition coefficient (Wildman–Crippen LogP) is 8.04. The first-order chi connectivity index (χ1) is 16.2. The monoisotopic (exact) mass is 465 g/mol. The first-order valence-corrected chi connectivity index (χ1v) is 13.9. The molecule has 190 valence electrons. The molecule has 0 heterocycles. The molecule has 0 bridgehead atoms. The van der Waals surface area contributed by atoms with E-state index in [2.05, 4.69) is 100 Å². The van der Waals surface area contributed by atoms with Crippen LogP contribution in [0.3, 0.4) is 0 Å². The number of nitrogens with zero attached hydrogens (tertiary/aromatic N) is 2. The number of hydrogen-bond donors (Lipinski definition) is 1. The fourth-order valence-electron chi connectivity index (χ4n) is 6.93. The molecule has 3 atom stereocenters. The maximum atomic E-state index is 4.36. The summed E-state index contributed by atoms with van der Waals surface area (Å²) < 4.78 is 0. The van der Waals surface area contributed by atoms with Crippen molar-refractivity contribution < 1.29 is 0 Å². The van der Waals surface area contributed by atoms with Crippen LogP contribution in [0.5, 0.6) is 0 Å². The van der Waals surface area contributed by atoms with Gasteiger partial charge in [0.25, 0.3) is 0 Å². The summed E-state index contributed by atoms with van der Waals surface area (Å²) in [6.45, 7) is 18.1. The van der Waals surface area contributed by atoms with Crippen molar-refractivity contribution in [3.8, 4) is 0 Å². The Kier molecular flexibility index (Phi) is 9.43. The topological polar surface area (TPSA) is 27.6 Å². The van der Waals surface area contributed by atoms with Crippen LogP contribution in [0.2, 0.25) is 0 Å². The average molecular weight is 466 g/mol. The molecule has 3 nitrogen and oxygen atoms in total. The fourth-order valence-corrected chi connectivity index (χ4v) is 6.93. The lowest BCUT2D eigenvalue weighted by Gasteiger charge is -2.39. The van der Waals surface area contributed by atoms with Crippen molar-refractivity contribution in [1.29, 1.82) is 0 Å². The Balaban J connectivity index is 1.70. The van der Waals surface area contributed by atoms with Crippen LogP contribution in [0.15, 0.2) is 41.4 Å². The van der Waals surface area contributed by atoms with Gasteiger partial charge in [-0.3, -0.25) is 4.99 Å². The van der Waals surface area contributed by atoms with Crippen molar-refractivity contribution in [1.82, 2.24) is 5.32 Å². The summed E-state index contributed by atoms with van der Waals surface area (Å²) >= 11 is 0. The molecule has 2 fully saturated rings. The summed E-state index contributed by atoms with van der Waals surface area (Å²) in [7, 11) is 2.14. The van der Waals surface area contributed by atoms with Crippen LogP contribution in [0.25, 0.3) is 0 Å². The van der Waals surface area contributed by atoms with Crippen LogP contribution in [0.4, 0.5) is 11.4 Å². The first kappa shape index (κ1) is 27.0. The van der Waals surface area contributed by atoms with Crippen molar-refractivity contribution in [2.45, 2.75) is 92.0 Å². The zero-order valence-corrected chi connectivity index (χ0v) is 22.9. The molecule has 3 heteroatoms. The molecule has 2 saturated carbocycles. The normalized spacial score (nSPS) is 30.1. The van der Waals surface area contributed by atoms with Crippen molar-refractivity contribution in [3.63, 3.8) is 0 Å². The third-order valence-electron chi connectivity index (χ3n) is 9.35. The second kappa shape index (κ2) is 11.9. The quantitative estimate of drug-likeness (QED) is 0.280. The average Bonchev–Trinajstić information content (AvgIpc) is 3.16. The van der Waals surface area contributed by atoms with Gasteiger partial charge in [0, 0.05) is 24.5 Å². The molecule has 2 aliphatic carbocycles. The minimum absolute atomic E-state index is 0.297. The zero-order valence-electron chi connectivity index (χ0n) is 22.9. The summed E-state index contributed by atoms with van der Waals surface area (Å²) in [4.78, 5) is 6.96. The number of nitrogens with one attached hydrogen (secondary N) is 1. The lowest BCUT2D eigenvalue weighted by atomic mass is 9.70. The minimum Gasteiger partial charge on any atom is -0.369 e. The van der Waals surface area contributed by atoms with Gasteiger partial charge in [-0.05, 0) is 100 Å². The van der Waals surface area contributed by atoms with E-state index >= 15 is 0 Å². The molecular weight excluding hydrogens is 414 g/mol. The Morgan fingerprint density at radius 1 is 1.12 bits per heavy atom. The molecule has 0 aromatic heterocycles. The molecule has 3 unspecified atom stereocenters. The van der Waals surface area contributed by atoms with Gasteiger partial charge in [0.2, 0.25) is 0 Å². The van der Waals surface area contributed by atoms with Crippen molar-refractivity contribution in [2.75, 3.05) is 25.0 Å².